The molecule has 2 heterocycles. The van der Waals surface area contributed by atoms with Crippen LogP contribution in [0.25, 0.3) is 4.96 Å². The van der Waals surface area contributed by atoms with Gasteiger partial charge >= 0.3 is 0 Å². The largest absolute Gasteiger partial charge is 0.394 e. The van der Waals surface area contributed by atoms with Crippen molar-refractivity contribution in [2.45, 2.75) is 25.8 Å². The van der Waals surface area contributed by atoms with E-state index >= 15 is 0 Å². The molecule has 1 atom stereocenters. The molecule has 1 unspecified atom stereocenters. The maximum Gasteiger partial charge on any atom is 0.194 e. The van der Waals surface area contributed by atoms with Crippen LogP contribution in [0.1, 0.15) is 37.2 Å². The van der Waals surface area contributed by atoms with Crippen molar-refractivity contribution < 1.29 is 5.11 Å². The van der Waals surface area contributed by atoms with Crippen molar-refractivity contribution in [3.05, 3.63) is 23.0 Å². The third-order valence-corrected chi connectivity index (χ3v) is 3.33. The summed E-state index contributed by atoms with van der Waals surface area (Å²) >= 11 is 1.61. The van der Waals surface area contributed by atoms with Crippen LogP contribution in [-0.2, 0) is 0 Å². The van der Waals surface area contributed by atoms with Crippen LogP contribution in [0, 0.1) is 0 Å². The van der Waals surface area contributed by atoms with E-state index in [2.05, 4.69) is 28.6 Å². The maximum atomic E-state index is 9.07. The maximum absolute atomic E-state index is 9.07. The van der Waals surface area contributed by atoms with Crippen LogP contribution in [0.4, 0.5) is 0 Å². The predicted octanol–water partition coefficient (Wildman–Crippen LogP) is 1.51. The first-order chi connectivity index (χ1) is 7.15. The van der Waals surface area contributed by atoms with Crippen LogP contribution in [0.15, 0.2) is 11.6 Å². The molecule has 15 heavy (non-hydrogen) atoms. The molecule has 4 nitrogen and oxygen atoms in total. The number of hydrogen-bond donors (Lipinski definition) is 2. The molecule has 0 spiro atoms. The summed E-state index contributed by atoms with van der Waals surface area (Å²) in [5.41, 5.74) is 7.91. The molecule has 0 aliphatic carbocycles. The van der Waals surface area contributed by atoms with Gasteiger partial charge in [-0.15, -0.1) is 11.3 Å². The van der Waals surface area contributed by atoms with E-state index in [1.807, 2.05) is 0 Å². The number of aliphatic hydroxyl groups is 1. The van der Waals surface area contributed by atoms with E-state index in [0.717, 1.165) is 10.7 Å². The SMILES string of the molecule is CC(C)c1csc2ncc(C(N)CO)n12. The van der Waals surface area contributed by atoms with E-state index in [4.69, 9.17) is 10.8 Å². The summed E-state index contributed by atoms with van der Waals surface area (Å²) in [6.45, 7) is 4.21. The minimum Gasteiger partial charge on any atom is -0.394 e. The van der Waals surface area contributed by atoms with Crippen molar-refractivity contribution >= 4 is 16.3 Å². The molecule has 0 saturated heterocycles. The number of aromatic nitrogens is 2. The zero-order valence-electron chi connectivity index (χ0n) is 8.84. The van der Waals surface area contributed by atoms with Gasteiger partial charge in [-0.1, -0.05) is 13.8 Å². The summed E-state index contributed by atoms with van der Waals surface area (Å²) in [6.07, 6.45) is 1.75. The summed E-state index contributed by atoms with van der Waals surface area (Å²) in [5.74, 6) is 0.428. The van der Waals surface area contributed by atoms with Gasteiger partial charge in [-0.25, -0.2) is 4.98 Å². The van der Waals surface area contributed by atoms with E-state index in [1.165, 1.54) is 5.69 Å². The molecule has 5 heteroatoms. The molecule has 0 aliphatic rings. The first-order valence-corrected chi connectivity index (χ1v) is 5.84. The Morgan fingerprint density at radius 3 is 2.87 bits per heavy atom. The minimum absolute atomic E-state index is 0.0544. The highest BCUT2D eigenvalue weighted by molar-refractivity contribution is 7.15. The van der Waals surface area contributed by atoms with Crippen LogP contribution in [0.3, 0.4) is 0 Å². The predicted molar refractivity (Wildman–Crippen MR) is 61.2 cm³/mol. The van der Waals surface area contributed by atoms with Gasteiger partial charge in [-0.3, -0.25) is 4.40 Å². The molecule has 2 rings (SSSR count). The van der Waals surface area contributed by atoms with Gasteiger partial charge in [0.05, 0.1) is 24.5 Å². The monoisotopic (exact) mass is 225 g/mol. The number of nitrogens with two attached hydrogens (primary N) is 1. The number of hydrogen-bond acceptors (Lipinski definition) is 4. The fraction of sp³-hybridized carbons (Fsp3) is 0.500. The molecule has 0 fully saturated rings. The Bertz CT molecular complexity index is 460. The molecule has 0 aromatic carbocycles. The normalized spacial score (nSPS) is 13.9. The van der Waals surface area contributed by atoms with Crippen LogP contribution >= 0.6 is 11.3 Å². The number of aliphatic hydroxyl groups excluding tert-OH is 1. The topological polar surface area (TPSA) is 63.5 Å². The van der Waals surface area contributed by atoms with E-state index in [-0.39, 0.29) is 12.6 Å². The lowest BCUT2D eigenvalue weighted by atomic mass is 10.1. The first kappa shape index (κ1) is 10.6. The van der Waals surface area contributed by atoms with Crippen molar-refractivity contribution in [3.63, 3.8) is 0 Å². The lowest BCUT2D eigenvalue weighted by Crippen LogP contribution is -2.17. The first-order valence-electron chi connectivity index (χ1n) is 4.96. The molecule has 0 saturated carbocycles. The lowest BCUT2D eigenvalue weighted by molar-refractivity contribution is 0.265. The van der Waals surface area contributed by atoms with Gasteiger partial charge in [0, 0.05) is 11.1 Å². The highest BCUT2D eigenvalue weighted by Crippen LogP contribution is 2.25. The molecule has 2 aromatic rings. The fourth-order valence-electron chi connectivity index (χ4n) is 1.61. The molecule has 3 N–H and O–H groups in total. The van der Waals surface area contributed by atoms with Crippen LogP contribution in [0.5, 0.6) is 0 Å². The third kappa shape index (κ3) is 1.67. The standard InChI is InChI=1S/C10H15N3OS/c1-6(2)9-5-15-10-12-3-8(13(9)10)7(11)4-14/h3,5-7,14H,4,11H2,1-2H3. The number of imidazole rings is 1. The average molecular weight is 225 g/mol. The van der Waals surface area contributed by atoms with Gasteiger partial charge in [0.1, 0.15) is 0 Å². The molecule has 2 aromatic heterocycles. The van der Waals surface area contributed by atoms with E-state index in [9.17, 15) is 0 Å². The number of thiazole rings is 1. The van der Waals surface area contributed by atoms with E-state index in [0.29, 0.717) is 5.92 Å². The molecule has 0 aliphatic heterocycles. The van der Waals surface area contributed by atoms with Crippen molar-refractivity contribution in [1.29, 1.82) is 0 Å². The van der Waals surface area contributed by atoms with Gasteiger partial charge in [0.25, 0.3) is 0 Å². The zero-order chi connectivity index (χ0) is 11.0. The van der Waals surface area contributed by atoms with Crippen LogP contribution in [-0.4, -0.2) is 21.1 Å². The molecule has 0 bridgehead atoms. The Morgan fingerprint density at radius 1 is 1.53 bits per heavy atom. The van der Waals surface area contributed by atoms with Gasteiger partial charge in [0.15, 0.2) is 4.96 Å². The van der Waals surface area contributed by atoms with Gasteiger partial charge in [0.2, 0.25) is 0 Å². The highest BCUT2D eigenvalue weighted by atomic mass is 32.1. The Balaban J connectivity index is 2.60. The fourth-order valence-corrected chi connectivity index (χ4v) is 2.64. The molecular formula is C10H15N3OS. The van der Waals surface area contributed by atoms with E-state index < -0.39 is 0 Å². The summed E-state index contributed by atoms with van der Waals surface area (Å²) < 4.78 is 2.05. The number of nitrogens with zero attached hydrogens (tertiary/aromatic N) is 2. The lowest BCUT2D eigenvalue weighted by Gasteiger charge is -2.10. The third-order valence-electron chi connectivity index (χ3n) is 2.47. The molecular weight excluding hydrogens is 210 g/mol. The minimum atomic E-state index is -0.355. The Hall–Kier alpha value is -0.910. The van der Waals surface area contributed by atoms with Crippen LogP contribution < -0.4 is 5.73 Å². The van der Waals surface area contributed by atoms with Crippen molar-refractivity contribution in [3.8, 4) is 0 Å². The van der Waals surface area contributed by atoms with Crippen LogP contribution in [0.2, 0.25) is 0 Å². The summed E-state index contributed by atoms with van der Waals surface area (Å²) in [5, 5.41) is 11.2. The second kappa shape index (κ2) is 3.92. The van der Waals surface area contributed by atoms with Gasteiger partial charge in [-0.05, 0) is 5.92 Å². The zero-order valence-corrected chi connectivity index (χ0v) is 9.66. The van der Waals surface area contributed by atoms with Gasteiger partial charge < -0.3 is 10.8 Å². The highest BCUT2D eigenvalue weighted by Gasteiger charge is 2.16. The second-order valence-corrected chi connectivity index (χ2v) is 4.74. The average Bonchev–Trinajstić information content (AvgIpc) is 2.75. The molecule has 0 radical (unpaired) electrons. The number of rotatable bonds is 3. The quantitative estimate of drug-likeness (QED) is 0.832. The Labute approximate surface area is 92.4 Å². The number of fused-ring (bicyclic) bond motifs is 1. The van der Waals surface area contributed by atoms with E-state index in [1.54, 1.807) is 17.5 Å². The van der Waals surface area contributed by atoms with Crippen molar-refractivity contribution in [1.82, 2.24) is 9.38 Å². The van der Waals surface area contributed by atoms with Crippen molar-refractivity contribution in [2.24, 2.45) is 5.73 Å². The second-order valence-electron chi connectivity index (χ2n) is 3.91. The summed E-state index contributed by atoms with van der Waals surface area (Å²) in [6, 6.07) is -0.355. The smallest absolute Gasteiger partial charge is 0.194 e. The Kier molecular flexibility index (Phi) is 2.77. The summed E-state index contributed by atoms with van der Waals surface area (Å²) in [7, 11) is 0. The van der Waals surface area contributed by atoms with Crippen molar-refractivity contribution in [2.75, 3.05) is 6.61 Å². The Morgan fingerprint density at radius 2 is 2.27 bits per heavy atom. The summed E-state index contributed by atoms with van der Waals surface area (Å²) in [4.78, 5) is 5.22. The molecule has 0 amide bonds. The molecule has 82 valence electrons. The van der Waals surface area contributed by atoms with Gasteiger partial charge in [-0.2, -0.15) is 0 Å².